The molecule has 0 amide bonds. The van der Waals surface area contributed by atoms with Gasteiger partial charge in [0.05, 0.1) is 27.2 Å². The molecule has 1 aliphatic rings. The Morgan fingerprint density at radius 3 is 2.48 bits per heavy atom. The van der Waals surface area contributed by atoms with E-state index in [0.29, 0.717) is 0 Å². The highest BCUT2D eigenvalue weighted by molar-refractivity contribution is 7.96. The maximum Gasteiger partial charge on any atom is 0.336 e. The third-order valence-corrected chi connectivity index (χ3v) is 8.01. The third kappa shape index (κ3) is 3.07. The van der Waals surface area contributed by atoms with Crippen molar-refractivity contribution >= 4 is 37.2 Å². The number of halogens is 1. The van der Waals surface area contributed by atoms with E-state index in [9.17, 15) is 21.6 Å². The van der Waals surface area contributed by atoms with Crippen LogP contribution in [0.15, 0.2) is 17.0 Å². The summed E-state index contributed by atoms with van der Waals surface area (Å²) >= 11 is 5.79. The van der Waals surface area contributed by atoms with Crippen LogP contribution in [0.1, 0.15) is 22.3 Å². The van der Waals surface area contributed by atoms with Crippen molar-refractivity contribution < 1.29 is 26.7 Å². The fourth-order valence-electron chi connectivity index (χ4n) is 2.36. The number of benzene rings is 1. The van der Waals surface area contributed by atoms with Crippen LogP contribution in [0, 0.1) is 6.92 Å². The van der Waals surface area contributed by atoms with Crippen molar-refractivity contribution in [3.05, 3.63) is 28.3 Å². The number of sulfone groups is 2. The number of hydrogen-bond acceptors (Lipinski definition) is 5. The molecule has 1 aromatic rings. The zero-order chi connectivity index (χ0) is 16.0. The third-order valence-electron chi connectivity index (χ3n) is 3.49. The summed E-state index contributed by atoms with van der Waals surface area (Å²) in [6, 6.07) is 2.34. The molecule has 6 nitrogen and oxygen atoms in total. The van der Waals surface area contributed by atoms with Gasteiger partial charge in [0.15, 0.2) is 19.7 Å². The fraction of sp³-hybridized carbons (Fsp3) is 0.417. The SMILES string of the molecule is Cc1c(C(=O)O)cc(Cl)cc1S(=O)(=O)C1CCS(=O)(=O)C1. The summed E-state index contributed by atoms with van der Waals surface area (Å²) in [5, 5.41) is 8.01. The van der Waals surface area contributed by atoms with Crippen LogP contribution in [-0.2, 0) is 19.7 Å². The summed E-state index contributed by atoms with van der Waals surface area (Å²) in [6.07, 6.45) is 0.0129. The van der Waals surface area contributed by atoms with Gasteiger partial charge in [0, 0.05) is 5.02 Å². The summed E-state index contributed by atoms with van der Waals surface area (Å²) in [5.41, 5.74) is -0.141. The highest BCUT2D eigenvalue weighted by atomic mass is 35.5. The number of rotatable bonds is 3. The van der Waals surface area contributed by atoms with Crippen LogP contribution in [0.3, 0.4) is 0 Å². The van der Waals surface area contributed by atoms with Gasteiger partial charge in [-0.05, 0) is 31.0 Å². The molecule has 0 spiro atoms. The van der Waals surface area contributed by atoms with Gasteiger partial charge in [0.1, 0.15) is 0 Å². The first-order chi connectivity index (χ1) is 9.54. The van der Waals surface area contributed by atoms with Crippen LogP contribution >= 0.6 is 11.6 Å². The second-order valence-electron chi connectivity index (χ2n) is 4.95. The molecule has 0 aliphatic carbocycles. The molecule has 116 valence electrons. The minimum Gasteiger partial charge on any atom is -0.478 e. The lowest BCUT2D eigenvalue weighted by Gasteiger charge is -2.14. The van der Waals surface area contributed by atoms with Crippen LogP contribution in [0.25, 0.3) is 0 Å². The molecule has 0 aromatic heterocycles. The van der Waals surface area contributed by atoms with Crippen molar-refractivity contribution in [1.82, 2.24) is 0 Å². The molecule has 2 rings (SSSR count). The number of carbonyl (C=O) groups is 1. The normalized spacial score (nSPS) is 21.3. The van der Waals surface area contributed by atoms with E-state index in [4.69, 9.17) is 16.7 Å². The standard InChI is InChI=1S/C12H13ClO6S2/c1-7-10(12(14)15)4-8(13)5-11(7)21(18,19)9-2-3-20(16,17)6-9/h4-5,9H,2-3,6H2,1H3,(H,14,15). The second kappa shape index (κ2) is 5.26. The van der Waals surface area contributed by atoms with Crippen LogP contribution in [0.2, 0.25) is 5.02 Å². The zero-order valence-corrected chi connectivity index (χ0v) is 13.4. The topological polar surface area (TPSA) is 106 Å². The molecule has 1 saturated heterocycles. The molecule has 1 unspecified atom stereocenters. The first-order valence-corrected chi connectivity index (χ1v) is 9.77. The lowest BCUT2D eigenvalue weighted by molar-refractivity contribution is 0.0695. The lowest BCUT2D eigenvalue weighted by atomic mass is 10.1. The molecule has 1 fully saturated rings. The van der Waals surface area contributed by atoms with Crippen molar-refractivity contribution in [3.63, 3.8) is 0 Å². The number of aromatic carboxylic acids is 1. The van der Waals surface area contributed by atoms with Crippen LogP contribution in [0.5, 0.6) is 0 Å². The summed E-state index contributed by atoms with van der Waals surface area (Å²) in [6.45, 7) is 1.37. The highest BCUT2D eigenvalue weighted by Gasteiger charge is 2.39. The summed E-state index contributed by atoms with van der Waals surface area (Å²) in [5.74, 6) is -1.91. The van der Waals surface area contributed by atoms with E-state index in [1.165, 1.54) is 19.1 Å². The number of carboxylic acid groups (broad SMARTS) is 1. The molecule has 0 radical (unpaired) electrons. The van der Waals surface area contributed by atoms with Crippen molar-refractivity contribution in [3.8, 4) is 0 Å². The maximum absolute atomic E-state index is 12.6. The van der Waals surface area contributed by atoms with Gasteiger partial charge >= 0.3 is 5.97 Å². The minimum atomic E-state index is -3.95. The van der Waals surface area contributed by atoms with Crippen molar-refractivity contribution in [2.45, 2.75) is 23.5 Å². The summed E-state index contributed by atoms with van der Waals surface area (Å²) in [4.78, 5) is 10.9. The Kier molecular flexibility index (Phi) is 4.07. The number of carboxylic acids is 1. The quantitative estimate of drug-likeness (QED) is 0.879. The Morgan fingerprint density at radius 2 is 2.00 bits per heavy atom. The average Bonchev–Trinajstić information content (AvgIpc) is 2.72. The van der Waals surface area contributed by atoms with E-state index >= 15 is 0 Å². The van der Waals surface area contributed by atoms with Crippen LogP contribution in [0.4, 0.5) is 0 Å². The molecular formula is C12H13ClO6S2. The highest BCUT2D eigenvalue weighted by Crippen LogP contribution is 2.31. The van der Waals surface area contributed by atoms with Gasteiger partial charge < -0.3 is 5.11 Å². The molecule has 9 heteroatoms. The van der Waals surface area contributed by atoms with E-state index < -0.39 is 36.6 Å². The summed E-state index contributed by atoms with van der Waals surface area (Å²) in [7, 11) is -7.31. The Bertz CT molecular complexity index is 810. The van der Waals surface area contributed by atoms with E-state index in [0.717, 1.165) is 0 Å². The molecular weight excluding hydrogens is 340 g/mol. The largest absolute Gasteiger partial charge is 0.478 e. The van der Waals surface area contributed by atoms with Crippen LogP contribution < -0.4 is 0 Å². The van der Waals surface area contributed by atoms with Crippen molar-refractivity contribution in [1.29, 1.82) is 0 Å². The lowest BCUT2D eigenvalue weighted by Crippen LogP contribution is -2.24. The predicted octanol–water partition coefficient (Wildman–Crippen LogP) is 1.31. The van der Waals surface area contributed by atoms with Gasteiger partial charge in [-0.1, -0.05) is 11.6 Å². The van der Waals surface area contributed by atoms with Gasteiger partial charge in [-0.3, -0.25) is 0 Å². The minimum absolute atomic E-state index is 0.0129. The van der Waals surface area contributed by atoms with E-state index in [1.54, 1.807) is 0 Å². The van der Waals surface area contributed by atoms with Crippen molar-refractivity contribution in [2.24, 2.45) is 0 Å². The Hall–Kier alpha value is -1.12. The second-order valence-corrected chi connectivity index (χ2v) is 9.81. The molecule has 1 atom stereocenters. The molecule has 1 aliphatic heterocycles. The van der Waals surface area contributed by atoms with E-state index in [-0.39, 0.29) is 33.2 Å². The van der Waals surface area contributed by atoms with Gasteiger partial charge in [0.2, 0.25) is 0 Å². The molecule has 0 saturated carbocycles. The average molecular weight is 353 g/mol. The molecule has 0 bridgehead atoms. The monoisotopic (exact) mass is 352 g/mol. The van der Waals surface area contributed by atoms with Gasteiger partial charge in [0.25, 0.3) is 0 Å². The van der Waals surface area contributed by atoms with Gasteiger partial charge in [-0.2, -0.15) is 0 Å². The molecule has 21 heavy (non-hydrogen) atoms. The maximum atomic E-state index is 12.6. The molecule has 1 N–H and O–H groups in total. The Balaban J connectivity index is 2.58. The fourth-order valence-corrected chi connectivity index (χ4v) is 7.29. The van der Waals surface area contributed by atoms with Gasteiger partial charge in [-0.25, -0.2) is 21.6 Å². The summed E-state index contributed by atoms with van der Waals surface area (Å²) < 4.78 is 48.0. The Morgan fingerprint density at radius 1 is 1.38 bits per heavy atom. The van der Waals surface area contributed by atoms with E-state index in [1.807, 2.05) is 0 Å². The van der Waals surface area contributed by atoms with Crippen LogP contribution in [-0.4, -0.2) is 44.7 Å². The molecule has 1 heterocycles. The smallest absolute Gasteiger partial charge is 0.336 e. The van der Waals surface area contributed by atoms with Gasteiger partial charge in [-0.15, -0.1) is 0 Å². The molecule has 1 aromatic carbocycles. The first-order valence-electron chi connectivity index (χ1n) is 6.02. The Labute approximate surface area is 127 Å². The first kappa shape index (κ1) is 16.3. The predicted molar refractivity (Wildman–Crippen MR) is 77.4 cm³/mol. The number of hydrogen-bond donors (Lipinski definition) is 1. The van der Waals surface area contributed by atoms with E-state index in [2.05, 4.69) is 0 Å². The zero-order valence-electron chi connectivity index (χ0n) is 11.0. The van der Waals surface area contributed by atoms with Crippen molar-refractivity contribution in [2.75, 3.05) is 11.5 Å².